The summed E-state index contributed by atoms with van der Waals surface area (Å²) in [5, 5.41) is 20.3. The lowest BCUT2D eigenvalue weighted by atomic mass is 10.1. The summed E-state index contributed by atoms with van der Waals surface area (Å²) in [6.07, 6.45) is 3.40. The minimum absolute atomic E-state index is 0.281. The molecule has 0 spiro atoms. The number of carbonyl (C=O) groups is 1. The Morgan fingerprint density at radius 1 is 1.33 bits per heavy atom. The molecule has 0 aliphatic rings. The van der Waals surface area contributed by atoms with E-state index in [0.29, 0.717) is 16.3 Å². The van der Waals surface area contributed by atoms with E-state index in [-0.39, 0.29) is 5.91 Å². The van der Waals surface area contributed by atoms with Crippen LogP contribution in [0.4, 0.5) is 5.13 Å². The van der Waals surface area contributed by atoms with Gasteiger partial charge in [-0.2, -0.15) is 5.10 Å². The van der Waals surface area contributed by atoms with Gasteiger partial charge in [-0.25, -0.2) is 4.98 Å². The number of rotatable bonds is 3. The molecule has 24 heavy (non-hydrogen) atoms. The van der Waals surface area contributed by atoms with Gasteiger partial charge in [-0.15, -0.1) is 21.5 Å². The molecule has 0 unspecified atom stereocenters. The first kappa shape index (κ1) is 14.5. The highest BCUT2D eigenvalue weighted by molar-refractivity contribution is 7.13. The first-order valence-electron chi connectivity index (χ1n) is 7.19. The van der Waals surface area contributed by atoms with Gasteiger partial charge >= 0.3 is 0 Å². The first-order chi connectivity index (χ1) is 11.6. The van der Waals surface area contributed by atoms with Gasteiger partial charge in [0, 0.05) is 22.8 Å². The molecule has 4 aromatic heterocycles. The molecular weight excluding hydrogens is 326 g/mol. The standard InChI is InChI=1S/C15H13N7OS/c1-8-3-12(20-19-8)10-4-11(13-21-16-7-22(13)5-10)14(23)18-15-17-9(2)6-24-15/h3-7H,1-2H3,(H,19,20)(H,17,18,23). The molecule has 0 saturated heterocycles. The van der Waals surface area contributed by atoms with Crippen LogP contribution in [-0.4, -0.2) is 35.7 Å². The SMILES string of the molecule is Cc1csc(NC(=O)c2cc(-c3cc(C)[nH]n3)cn3cnnc23)n1. The van der Waals surface area contributed by atoms with E-state index in [0.717, 1.165) is 22.6 Å². The topological polar surface area (TPSA) is 101 Å². The molecule has 9 heteroatoms. The van der Waals surface area contributed by atoms with Crippen LogP contribution < -0.4 is 5.32 Å². The normalized spacial score (nSPS) is 11.1. The molecular formula is C15H13N7OS. The van der Waals surface area contributed by atoms with Crippen molar-refractivity contribution in [3.8, 4) is 11.3 Å². The van der Waals surface area contributed by atoms with Gasteiger partial charge in [0.15, 0.2) is 10.8 Å². The Balaban J connectivity index is 1.78. The number of anilines is 1. The van der Waals surface area contributed by atoms with Crippen LogP contribution in [0.5, 0.6) is 0 Å². The lowest BCUT2D eigenvalue weighted by Crippen LogP contribution is -2.13. The van der Waals surface area contributed by atoms with E-state index in [1.165, 1.54) is 11.3 Å². The van der Waals surface area contributed by atoms with Crippen molar-refractivity contribution in [2.45, 2.75) is 13.8 Å². The fourth-order valence-electron chi connectivity index (χ4n) is 2.39. The van der Waals surface area contributed by atoms with E-state index < -0.39 is 0 Å². The molecule has 0 aliphatic carbocycles. The quantitative estimate of drug-likeness (QED) is 0.597. The second-order valence-corrected chi connectivity index (χ2v) is 6.25. The smallest absolute Gasteiger partial charge is 0.261 e. The third-order valence-corrected chi connectivity index (χ3v) is 4.35. The average Bonchev–Trinajstić information content (AvgIpc) is 3.27. The minimum atomic E-state index is -0.281. The van der Waals surface area contributed by atoms with E-state index in [2.05, 4.69) is 30.7 Å². The van der Waals surface area contributed by atoms with Gasteiger partial charge < -0.3 is 0 Å². The Kier molecular flexibility index (Phi) is 3.35. The molecule has 4 rings (SSSR count). The average molecular weight is 339 g/mol. The van der Waals surface area contributed by atoms with Crippen LogP contribution in [0, 0.1) is 13.8 Å². The van der Waals surface area contributed by atoms with Gasteiger partial charge in [-0.1, -0.05) is 0 Å². The largest absolute Gasteiger partial charge is 0.298 e. The number of hydrogen-bond acceptors (Lipinski definition) is 6. The van der Waals surface area contributed by atoms with Gasteiger partial charge in [-0.05, 0) is 26.0 Å². The Morgan fingerprint density at radius 2 is 2.21 bits per heavy atom. The molecule has 0 atom stereocenters. The van der Waals surface area contributed by atoms with Crippen LogP contribution in [0.15, 0.2) is 30.0 Å². The summed E-state index contributed by atoms with van der Waals surface area (Å²) in [6, 6.07) is 3.67. The number of H-pyrrole nitrogens is 1. The summed E-state index contributed by atoms with van der Waals surface area (Å²) >= 11 is 1.38. The van der Waals surface area contributed by atoms with Gasteiger partial charge in [-0.3, -0.25) is 19.6 Å². The van der Waals surface area contributed by atoms with E-state index in [1.54, 1.807) is 16.8 Å². The number of amides is 1. The highest BCUT2D eigenvalue weighted by Crippen LogP contribution is 2.23. The summed E-state index contributed by atoms with van der Waals surface area (Å²) in [7, 11) is 0. The zero-order valence-corrected chi connectivity index (χ0v) is 13.8. The van der Waals surface area contributed by atoms with Gasteiger partial charge in [0.2, 0.25) is 0 Å². The number of aromatic amines is 1. The van der Waals surface area contributed by atoms with Crippen LogP contribution in [0.2, 0.25) is 0 Å². The monoisotopic (exact) mass is 339 g/mol. The molecule has 8 nitrogen and oxygen atoms in total. The van der Waals surface area contributed by atoms with Crippen molar-refractivity contribution in [2.75, 3.05) is 5.32 Å². The molecule has 0 aliphatic heterocycles. The number of nitrogens with zero attached hydrogens (tertiary/aromatic N) is 5. The maximum Gasteiger partial charge on any atom is 0.261 e. The number of aryl methyl sites for hydroxylation is 2. The summed E-state index contributed by atoms with van der Waals surface area (Å²) in [5.74, 6) is -0.281. The van der Waals surface area contributed by atoms with Crippen LogP contribution >= 0.6 is 11.3 Å². The number of aromatic nitrogens is 6. The zero-order chi connectivity index (χ0) is 16.7. The maximum absolute atomic E-state index is 12.7. The molecule has 2 N–H and O–H groups in total. The van der Waals surface area contributed by atoms with Gasteiger partial charge in [0.05, 0.1) is 17.0 Å². The van der Waals surface area contributed by atoms with Crippen molar-refractivity contribution in [2.24, 2.45) is 0 Å². The summed E-state index contributed by atoms with van der Waals surface area (Å²) in [4.78, 5) is 16.9. The van der Waals surface area contributed by atoms with E-state index in [1.807, 2.05) is 31.5 Å². The lowest BCUT2D eigenvalue weighted by Gasteiger charge is -2.06. The summed E-state index contributed by atoms with van der Waals surface area (Å²) < 4.78 is 1.71. The van der Waals surface area contributed by atoms with E-state index >= 15 is 0 Å². The van der Waals surface area contributed by atoms with Crippen LogP contribution in [0.1, 0.15) is 21.7 Å². The highest BCUT2D eigenvalue weighted by atomic mass is 32.1. The van der Waals surface area contributed by atoms with Crippen molar-refractivity contribution in [1.82, 2.24) is 29.8 Å². The molecule has 0 saturated carbocycles. The first-order valence-corrected chi connectivity index (χ1v) is 8.07. The predicted molar refractivity (Wildman–Crippen MR) is 90.1 cm³/mol. The van der Waals surface area contributed by atoms with Crippen molar-refractivity contribution in [1.29, 1.82) is 0 Å². The third-order valence-electron chi connectivity index (χ3n) is 3.48. The molecule has 0 fully saturated rings. The molecule has 0 bridgehead atoms. The van der Waals surface area contributed by atoms with Gasteiger partial charge in [0.1, 0.15) is 6.33 Å². The molecule has 0 aromatic carbocycles. The second kappa shape index (κ2) is 5.53. The molecule has 4 aromatic rings. The number of hydrogen-bond donors (Lipinski definition) is 2. The Bertz CT molecular complexity index is 1050. The van der Waals surface area contributed by atoms with Crippen molar-refractivity contribution in [3.63, 3.8) is 0 Å². The summed E-state index contributed by atoms with van der Waals surface area (Å²) in [5.41, 5.74) is 4.26. The van der Waals surface area contributed by atoms with Crippen molar-refractivity contribution >= 4 is 28.0 Å². The molecule has 4 heterocycles. The van der Waals surface area contributed by atoms with Crippen LogP contribution in [0.25, 0.3) is 16.9 Å². The fraction of sp³-hybridized carbons (Fsp3) is 0.133. The number of pyridine rings is 1. The minimum Gasteiger partial charge on any atom is -0.298 e. The van der Waals surface area contributed by atoms with Crippen LogP contribution in [0.3, 0.4) is 0 Å². The third kappa shape index (κ3) is 2.54. The summed E-state index contributed by atoms with van der Waals surface area (Å²) in [6.45, 7) is 3.80. The number of nitrogens with one attached hydrogen (secondary N) is 2. The van der Waals surface area contributed by atoms with Crippen molar-refractivity contribution < 1.29 is 4.79 Å². The molecule has 0 radical (unpaired) electrons. The Morgan fingerprint density at radius 3 is 2.92 bits per heavy atom. The highest BCUT2D eigenvalue weighted by Gasteiger charge is 2.17. The fourth-order valence-corrected chi connectivity index (χ4v) is 3.07. The number of thiazole rings is 1. The predicted octanol–water partition coefficient (Wildman–Crippen LogP) is 2.45. The zero-order valence-electron chi connectivity index (χ0n) is 12.9. The molecule has 120 valence electrons. The Hall–Kier alpha value is -3.07. The Labute approximate surface area is 140 Å². The van der Waals surface area contributed by atoms with Gasteiger partial charge in [0.25, 0.3) is 5.91 Å². The lowest BCUT2D eigenvalue weighted by molar-refractivity contribution is 0.102. The van der Waals surface area contributed by atoms with E-state index in [4.69, 9.17) is 0 Å². The van der Waals surface area contributed by atoms with Crippen molar-refractivity contribution in [3.05, 3.63) is 47.0 Å². The molecule has 1 amide bonds. The maximum atomic E-state index is 12.7. The van der Waals surface area contributed by atoms with Crippen LogP contribution in [-0.2, 0) is 0 Å². The van der Waals surface area contributed by atoms with E-state index in [9.17, 15) is 4.79 Å². The second-order valence-electron chi connectivity index (χ2n) is 5.39. The number of carbonyl (C=O) groups excluding carboxylic acids is 1. The number of fused-ring (bicyclic) bond motifs is 1.